The first-order chi connectivity index (χ1) is 12.3. The maximum atomic E-state index is 12.7. The molecule has 2 atom stereocenters. The van der Waals surface area contributed by atoms with Crippen LogP contribution in [0.25, 0.3) is 0 Å². The molecule has 2 unspecified atom stereocenters. The Balaban J connectivity index is 2.20. The number of hydrogen-bond donors (Lipinski definition) is 3. The molecule has 0 heterocycles. The summed E-state index contributed by atoms with van der Waals surface area (Å²) in [4.78, 5) is 25.0. The maximum absolute atomic E-state index is 12.7. The Hall–Kier alpha value is -2.37. The van der Waals surface area contributed by atoms with Crippen molar-refractivity contribution in [3.63, 3.8) is 0 Å². The van der Waals surface area contributed by atoms with Gasteiger partial charge < -0.3 is 16.4 Å². The lowest BCUT2D eigenvalue weighted by Crippen LogP contribution is -2.33. The summed E-state index contributed by atoms with van der Waals surface area (Å²) in [5, 5.41) is 6.04. The number of rotatable bonds is 6. The molecule has 4 N–H and O–H groups in total. The van der Waals surface area contributed by atoms with E-state index in [1.165, 1.54) is 0 Å². The van der Waals surface area contributed by atoms with Gasteiger partial charge in [0.25, 0.3) is 5.91 Å². The molecule has 0 aliphatic carbocycles. The number of nitrogens with two attached hydrogens (primary N) is 1. The van der Waals surface area contributed by atoms with Crippen LogP contribution in [0.2, 0.25) is 5.02 Å². The molecule has 0 saturated carbocycles. The first kappa shape index (κ1) is 19.9. The van der Waals surface area contributed by atoms with E-state index >= 15 is 0 Å². The molecule has 2 aromatic carbocycles. The largest absolute Gasteiger partial charge is 0.350 e. The third-order valence-electron chi connectivity index (χ3n) is 4.04. The summed E-state index contributed by atoms with van der Waals surface area (Å²) in [6, 6.07) is 13.7. The van der Waals surface area contributed by atoms with E-state index < -0.39 is 12.0 Å². The summed E-state index contributed by atoms with van der Waals surface area (Å²) >= 11 is 6.04. The lowest BCUT2D eigenvalue weighted by Gasteiger charge is -2.21. The van der Waals surface area contributed by atoms with E-state index in [0.717, 1.165) is 5.56 Å². The first-order valence-electron chi connectivity index (χ1n) is 8.51. The minimum atomic E-state index is -0.489. The van der Waals surface area contributed by atoms with Gasteiger partial charge in [-0.25, -0.2) is 0 Å². The molecule has 0 radical (unpaired) electrons. The smallest absolute Gasteiger partial charge is 0.253 e. The zero-order valence-corrected chi connectivity index (χ0v) is 15.9. The second-order valence-corrected chi connectivity index (χ2v) is 6.97. The van der Waals surface area contributed by atoms with E-state index in [0.29, 0.717) is 16.3 Å². The summed E-state index contributed by atoms with van der Waals surface area (Å²) in [5.41, 5.74) is 7.82. The van der Waals surface area contributed by atoms with Crippen molar-refractivity contribution in [2.45, 2.75) is 32.9 Å². The number of nitrogens with one attached hydrogen (secondary N) is 2. The van der Waals surface area contributed by atoms with Crippen molar-refractivity contribution < 1.29 is 9.59 Å². The average molecular weight is 374 g/mol. The molecule has 0 spiro atoms. The van der Waals surface area contributed by atoms with Gasteiger partial charge in [-0.1, -0.05) is 48.9 Å². The number of carbonyl (C=O) groups excluding carboxylic acids is 2. The number of benzene rings is 2. The fraction of sp³-hybridized carbons (Fsp3) is 0.300. The van der Waals surface area contributed by atoms with E-state index in [1.807, 2.05) is 44.2 Å². The van der Waals surface area contributed by atoms with Crippen molar-refractivity contribution in [1.82, 2.24) is 5.32 Å². The zero-order chi connectivity index (χ0) is 19.3. The molecule has 0 saturated heterocycles. The summed E-state index contributed by atoms with van der Waals surface area (Å²) in [6.07, 6.45) is 0. The highest BCUT2D eigenvalue weighted by molar-refractivity contribution is 6.31. The molecule has 2 rings (SSSR count). The van der Waals surface area contributed by atoms with Crippen molar-refractivity contribution in [3.05, 3.63) is 64.7 Å². The molecule has 0 aromatic heterocycles. The molecule has 5 nitrogen and oxygen atoms in total. The van der Waals surface area contributed by atoms with E-state index in [-0.39, 0.29) is 17.9 Å². The molecule has 2 aromatic rings. The quantitative estimate of drug-likeness (QED) is 0.720. The topological polar surface area (TPSA) is 84.2 Å². The average Bonchev–Trinajstić information content (AvgIpc) is 2.60. The SMILES string of the molecule is CC(C)NC(=O)c1ccc(Cl)cc1NC(=O)C(C)C(N)c1ccccc1. The fourth-order valence-electron chi connectivity index (χ4n) is 2.53. The van der Waals surface area contributed by atoms with Gasteiger partial charge in [0, 0.05) is 17.1 Å². The Bertz CT molecular complexity index is 778. The zero-order valence-electron chi connectivity index (χ0n) is 15.1. The van der Waals surface area contributed by atoms with Gasteiger partial charge >= 0.3 is 0 Å². The van der Waals surface area contributed by atoms with Crippen LogP contribution in [0.5, 0.6) is 0 Å². The Kier molecular flexibility index (Phi) is 6.77. The molecule has 0 bridgehead atoms. The van der Waals surface area contributed by atoms with Crippen molar-refractivity contribution >= 4 is 29.1 Å². The van der Waals surface area contributed by atoms with Crippen LogP contribution < -0.4 is 16.4 Å². The predicted molar refractivity (Wildman–Crippen MR) is 105 cm³/mol. The molecular weight excluding hydrogens is 350 g/mol. The lowest BCUT2D eigenvalue weighted by molar-refractivity contribution is -0.120. The van der Waals surface area contributed by atoms with Crippen LogP contribution in [-0.2, 0) is 4.79 Å². The van der Waals surface area contributed by atoms with Gasteiger partial charge in [0.2, 0.25) is 5.91 Å². The fourth-order valence-corrected chi connectivity index (χ4v) is 2.70. The van der Waals surface area contributed by atoms with Crippen LogP contribution in [0.3, 0.4) is 0 Å². The van der Waals surface area contributed by atoms with Crippen LogP contribution in [0.4, 0.5) is 5.69 Å². The lowest BCUT2D eigenvalue weighted by atomic mass is 9.94. The molecule has 0 aliphatic rings. The summed E-state index contributed by atoms with van der Waals surface area (Å²) in [6.45, 7) is 5.49. The molecule has 2 amide bonds. The number of anilines is 1. The van der Waals surface area contributed by atoms with Crippen LogP contribution in [0.1, 0.15) is 42.7 Å². The minimum Gasteiger partial charge on any atom is -0.350 e. The minimum absolute atomic E-state index is 0.0212. The maximum Gasteiger partial charge on any atom is 0.253 e. The van der Waals surface area contributed by atoms with Crippen molar-refractivity contribution in [2.24, 2.45) is 11.7 Å². The van der Waals surface area contributed by atoms with Gasteiger partial charge in [0.05, 0.1) is 17.2 Å². The van der Waals surface area contributed by atoms with Gasteiger partial charge in [-0.2, -0.15) is 0 Å². The Labute approximate surface area is 158 Å². The molecule has 0 aliphatic heterocycles. The second-order valence-electron chi connectivity index (χ2n) is 6.53. The van der Waals surface area contributed by atoms with Gasteiger partial charge in [0.1, 0.15) is 0 Å². The van der Waals surface area contributed by atoms with Crippen LogP contribution in [0, 0.1) is 5.92 Å². The van der Waals surface area contributed by atoms with Gasteiger partial charge in [-0.05, 0) is 37.6 Å². The molecule has 0 fully saturated rings. The Morgan fingerprint density at radius 2 is 1.69 bits per heavy atom. The van der Waals surface area contributed by atoms with Crippen molar-refractivity contribution in [3.8, 4) is 0 Å². The third kappa shape index (κ3) is 5.07. The van der Waals surface area contributed by atoms with Crippen molar-refractivity contribution in [1.29, 1.82) is 0 Å². The highest BCUT2D eigenvalue weighted by atomic mass is 35.5. The Morgan fingerprint density at radius 1 is 1.04 bits per heavy atom. The number of halogens is 1. The second kappa shape index (κ2) is 8.83. The van der Waals surface area contributed by atoms with E-state index in [4.69, 9.17) is 17.3 Å². The third-order valence-corrected chi connectivity index (χ3v) is 4.28. The van der Waals surface area contributed by atoms with Crippen LogP contribution >= 0.6 is 11.6 Å². The van der Waals surface area contributed by atoms with E-state index in [9.17, 15) is 9.59 Å². The van der Waals surface area contributed by atoms with E-state index in [1.54, 1.807) is 25.1 Å². The van der Waals surface area contributed by atoms with Gasteiger partial charge in [-0.3, -0.25) is 9.59 Å². The van der Waals surface area contributed by atoms with Crippen molar-refractivity contribution in [2.75, 3.05) is 5.32 Å². The summed E-state index contributed by atoms with van der Waals surface area (Å²) in [7, 11) is 0. The number of carbonyl (C=O) groups is 2. The van der Waals surface area contributed by atoms with Crippen LogP contribution in [-0.4, -0.2) is 17.9 Å². The Morgan fingerprint density at radius 3 is 2.31 bits per heavy atom. The van der Waals surface area contributed by atoms with Crippen LogP contribution in [0.15, 0.2) is 48.5 Å². The molecular formula is C20H24ClN3O2. The summed E-state index contributed by atoms with van der Waals surface area (Å²) in [5.74, 6) is -1.04. The predicted octanol–water partition coefficient (Wildman–Crippen LogP) is 3.75. The van der Waals surface area contributed by atoms with E-state index in [2.05, 4.69) is 10.6 Å². The highest BCUT2D eigenvalue weighted by Crippen LogP contribution is 2.25. The molecule has 6 heteroatoms. The first-order valence-corrected chi connectivity index (χ1v) is 8.89. The van der Waals surface area contributed by atoms with Gasteiger partial charge in [0.15, 0.2) is 0 Å². The molecule has 26 heavy (non-hydrogen) atoms. The molecule has 138 valence electrons. The number of hydrogen-bond acceptors (Lipinski definition) is 3. The number of amides is 2. The standard InChI is InChI=1S/C20H24ClN3O2/c1-12(2)23-20(26)16-10-9-15(21)11-17(16)24-19(25)13(3)18(22)14-7-5-4-6-8-14/h4-13,18H,22H2,1-3H3,(H,23,26)(H,24,25). The highest BCUT2D eigenvalue weighted by Gasteiger charge is 2.24. The van der Waals surface area contributed by atoms with Gasteiger partial charge in [-0.15, -0.1) is 0 Å². The summed E-state index contributed by atoms with van der Waals surface area (Å²) < 4.78 is 0. The normalized spacial score (nSPS) is 13.2. The monoisotopic (exact) mass is 373 g/mol.